The molecule has 0 saturated heterocycles. The number of carbonyl (C=O) groups excluding carboxylic acids is 1. The molecule has 0 aliphatic heterocycles. The monoisotopic (exact) mass is 568 g/mol. The van der Waals surface area contributed by atoms with Crippen LogP contribution in [0.15, 0.2) is 42.5 Å². The van der Waals surface area contributed by atoms with Gasteiger partial charge in [0, 0.05) is 12.1 Å². The number of rotatable bonds is 21. The van der Waals surface area contributed by atoms with Gasteiger partial charge < -0.3 is 25.2 Å². The van der Waals surface area contributed by atoms with Crippen molar-refractivity contribution in [1.29, 1.82) is 0 Å². The Balaban J connectivity index is 1.79. The molecule has 0 aliphatic carbocycles. The first-order valence-corrected chi connectivity index (χ1v) is 15.8. The normalized spacial score (nSPS) is 12.1. The Morgan fingerprint density at radius 3 is 2.00 bits per heavy atom. The SMILES string of the molecule is CCCC=CCCCCCCc1cc(O)cc(O)c1C(=O)O[C@H](CCC)CCCCCCCc1cc(O)cc(O)c1. The number of aryl methyl sites for hydroxylation is 2. The summed E-state index contributed by atoms with van der Waals surface area (Å²) in [5.74, 6) is -0.593. The summed E-state index contributed by atoms with van der Waals surface area (Å²) in [7, 11) is 0. The lowest BCUT2D eigenvalue weighted by Crippen LogP contribution is -2.19. The Hall–Kier alpha value is -3.15. The highest BCUT2D eigenvalue weighted by Gasteiger charge is 2.22. The van der Waals surface area contributed by atoms with Gasteiger partial charge in [-0.25, -0.2) is 4.79 Å². The molecular weight excluding hydrogens is 516 g/mol. The fourth-order valence-electron chi connectivity index (χ4n) is 5.26. The van der Waals surface area contributed by atoms with Gasteiger partial charge in [-0.1, -0.05) is 70.9 Å². The van der Waals surface area contributed by atoms with Crippen LogP contribution in [0.3, 0.4) is 0 Å². The average Bonchev–Trinajstić information content (AvgIpc) is 2.90. The highest BCUT2D eigenvalue weighted by atomic mass is 16.5. The number of hydrogen-bond acceptors (Lipinski definition) is 6. The van der Waals surface area contributed by atoms with Gasteiger partial charge in [0.15, 0.2) is 0 Å². The molecule has 2 rings (SSSR count). The molecule has 6 heteroatoms. The van der Waals surface area contributed by atoms with Crippen LogP contribution in [-0.2, 0) is 17.6 Å². The second-order valence-corrected chi connectivity index (χ2v) is 11.2. The molecule has 0 fully saturated rings. The summed E-state index contributed by atoms with van der Waals surface area (Å²) in [4.78, 5) is 13.2. The standard InChI is InChI=1S/C35H52O6/c1-3-5-6-7-8-9-10-13-16-20-28-24-31(38)26-33(39)34(28)35(40)41-32(18-4-2)21-17-14-11-12-15-19-27-22-29(36)25-30(37)23-27/h6-7,22-26,32,36-39H,3-5,8-21H2,1-2H3/t32-/m1/s1. The van der Waals surface area contributed by atoms with Gasteiger partial charge in [-0.3, -0.25) is 0 Å². The summed E-state index contributed by atoms with van der Waals surface area (Å²) in [6.45, 7) is 4.25. The summed E-state index contributed by atoms with van der Waals surface area (Å²) in [6, 6.07) is 7.51. The maximum atomic E-state index is 13.2. The molecule has 0 aliphatic rings. The molecular formula is C35H52O6. The molecule has 1 atom stereocenters. The van der Waals surface area contributed by atoms with E-state index in [1.807, 2.05) is 0 Å². The number of phenolic OH excluding ortho intramolecular Hbond substituents is 4. The van der Waals surface area contributed by atoms with E-state index < -0.39 is 5.97 Å². The van der Waals surface area contributed by atoms with Crippen LogP contribution in [-0.4, -0.2) is 32.5 Å². The van der Waals surface area contributed by atoms with Crippen molar-refractivity contribution < 1.29 is 30.0 Å². The molecule has 6 nitrogen and oxygen atoms in total. The van der Waals surface area contributed by atoms with Crippen molar-refractivity contribution >= 4 is 5.97 Å². The lowest BCUT2D eigenvalue weighted by atomic mass is 9.98. The van der Waals surface area contributed by atoms with Crippen molar-refractivity contribution in [2.45, 2.75) is 129 Å². The smallest absolute Gasteiger partial charge is 0.342 e. The number of carbonyl (C=O) groups is 1. The highest BCUT2D eigenvalue weighted by Crippen LogP contribution is 2.30. The van der Waals surface area contributed by atoms with E-state index >= 15 is 0 Å². The van der Waals surface area contributed by atoms with E-state index in [9.17, 15) is 25.2 Å². The lowest BCUT2D eigenvalue weighted by Gasteiger charge is -2.19. The Bertz CT molecular complexity index is 1040. The summed E-state index contributed by atoms with van der Waals surface area (Å²) >= 11 is 0. The third-order valence-electron chi connectivity index (χ3n) is 7.42. The first-order valence-electron chi connectivity index (χ1n) is 15.8. The van der Waals surface area contributed by atoms with Gasteiger partial charge in [-0.05, 0) is 93.5 Å². The van der Waals surface area contributed by atoms with Gasteiger partial charge in [0.25, 0.3) is 0 Å². The van der Waals surface area contributed by atoms with Crippen LogP contribution in [0.1, 0.15) is 132 Å². The molecule has 0 amide bonds. The van der Waals surface area contributed by atoms with Crippen LogP contribution in [0.5, 0.6) is 23.0 Å². The minimum atomic E-state index is -0.508. The molecule has 0 radical (unpaired) electrons. The van der Waals surface area contributed by atoms with Gasteiger partial charge in [-0.15, -0.1) is 0 Å². The van der Waals surface area contributed by atoms with Crippen LogP contribution in [0.4, 0.5) is 0 Å². The van der Waals surface area contributed by atoms with Gasteiger partial charge >= 0.3 is 5.97 Å². The highest BCUT2D eigenvalue weighted by molar-refractivity contribution is 5.94. The molecule has 228 valence electrons. The van der Waals surface area contributed by atoms with Gasteiger partial charge in [0.1, 0.15) is 34.7 Å². The summed E-state index contributed by atoms with van der Waals surface area (Å²) in [5, 5.41) is 39.8. The van der Waals surface area contributed by atoms with Crippen LogP contribution < -0.4 is 0 Å². The molecule has 0 unspecified atom stereocenters. The van der Waals surface area contributed by atoms with Crippen LogP contribution in [0, 0.1) is 0 Å². The van der Waals surface area contributed by atoms with Crippen molar-refractivity contribution in [2.24, 2.45) is 0 Å². The maximum Gasteiger partial charge on any atom is 0.342 e. The Labute approximate surface area is 247 Å². The molecule has 0 bridgehead atoms. The summed E-state index contributed by atoms with van der Waals surface area (Å²) in [5.41, 5.74) is 1.76. The minimum Gasteiger partial charge on any atom is -0.508 e. The lowest BCUT2D eigenvalue weighted by molar-refractivity contribution is 0.0249. The van der Waals surface area contributed by atoms with E-state index in [4.69, 9.17) is 4.74 Å². The van der Waals surface area contributed by atoms with E-state index in [1.165, 1.54) is 18.6 Å². The van der Waals surface area contributed by atoms with E-state index in [2.05, 4.69) is 26.0 Å². The average molecular weight is 569 g/mol. The number of esters is 1. The molecule has 0 heterocycles. The molecule has 0 saturated carbocycles. The van der Waals surface area contributed by atoms with Crippen LogP contribution in [0.25, 0.3) is 0 Å². The predicted octanol–water partition coefficient (Wildman–Crippen LogP) is 9.27. The third-order valence-corrected chi connectivity index (χ3v) is 7.42. The Kier molecular flexibility index (Phi) is 16.5. The molecule has 0 aromatic heterocycles. The first kappa shape index (κ1) is 34.1. The van der Waals surface area contributed by atoms with Gasteiger partial charge in [-0.2, -0.15) is 0 Å². The molecule has 0 spiro atoms. The van der Waals surface area contributed by atoms with E-state index in [1.54, 1.807) is 18.2 Å². The van der Waals surface area contributed by atoms with E-state index in [0.717, 1.165) is 102 Å². The number of phenols is 4. The Morgan fingerprint density at radius 2 is 1.29 bits per heavy atom. The van der Waals surface area contributed by atoms with Gasteiger partial charge in [0.2, 0.25) is 0 Å². The maximum absolute atomic E-state index is 13.2. The van der Waals surface area contributed by atoms with Crippen LogP contribution in [0.2, 0.25) is 0 Å². The number of ether oxygens (including phenoxy) is 1. The molecule has 2 aromatic carbocycles. The summed E-state index contributed by atoms with van der Waals surface area (Å²) < 4.78 is 5.90. The third kappa shape index (κ3) is 13.8. The summed E-state index contributed by atoms with van der Waals surface area (Å²) in [6.07, 6.45) is 20.8. The molecule has 41 heavy (non-hydrogen) atoms. The number of allylic oxidation sites excluding steroid dienone is 2. The van der Waals surface area contributed by atoms with Crippen molar-refractivity contribution in [3.63, 3.8) is 0 Å². The largest absolute Gasteiger partial charge is 0.508 e. The molecule has 2 aromatic rings. The minimum absolute atomic E-state index is 0.0407. The number of benzene rings is 2. The molecule has 4 N–H and O–H groups in total. The zero-order valence-corrected chi connectivity index (χ0v) is 25.2. The van der Waals surface area contributed by atoms with Crippen LogP contribution >= 0.6 is 0 Å². The van der Waals surface area contributed by atoms with Crippen molar-refractivity contribution in [1.82, 2.24) is 0 Å². The number of unbranched alkanes of at least 4 members (excludes halogenated alkanes) is 9. The van der Waals surface area contributed by atoms with Crippen molar-refractivity contribution in [3.8, 4) is 23.0 Å². The second kappa shape index (κ2) is 19.8. The predicted molar refractivity (Wildman–Crippen MR) is 166 cm³/mol. The Morgan fingerprint density at radius 1 is 0.683 bits per heavy atom. The zero-order chi connectivity index (χ0) is 29.9. The topological polar surface area (TPSA) is 107 Å². The van der Waals surface area contributed by atoms with E-state index in [-0.39, 0.29) is 34.7 Å². The number of hydrogen-bond donors (Lipinski definition) is 4. The fraction of sp³-hybridized carbons (Fsp3) is 0.571. The van der Waals surface area contributed by atoms with Crippen molar-refractivity contribution in [3.05, 3.63) is 59.2 Å². The zero-order valence-electron chi connectivity index (χ0n) is 25.2. The first-order chi connectivity index (χ1) is 19.8. The number of aromatic hydroxyl groups is 4. The second-order valence-electron chi connectivity index (χ2n) is 11.2. The fourth-order valence-corrected chi connectivity index (χ4v) is 5.26. The van der Waals surface area contributed by atoms with Crippen molar-refractivity contribution in [2.75, 3.05) is 0 Å². The van der Waals surface area contributed by atoms with E-state index in [0.29, 0.717) is 12.0 Å². The quantitative estimate of drug-likeness (QED) is 0.0679. The van der Waals surface area contributed by atoms with Gasteiger partial charge in [0.05, 0.1) is 0 Å².